The Morgan fingerprint density at radius 2 is 1.94 bits per heavy atom. The predicted octanol–water partition coefficient (Wildman–Crippen LogP) is 2.22. The number of methoxy groups -OCH3 is 1. The SMILES string of the molecule is COC(=O)C(CC(=O)O)CC1CCCCC1. The van der Waals surface area contributed by atoms with Crippen LogP contribution in [0.15, 0.2) is 0 Å². The number of ether oxygens (including phenoxy) is 1. The Bertz CT molecular complexity index is 243. The Kier molecular flexibility index (Phi) is 5.29. The van der Waals surface area contributed by atoms with E-state index in [1.54, 1.807) is 0 Å². The first-order valence-corrected chi connectivity index (χ1v) is 5.93. The predicted molar refractivity (Wildman–Crippen MR) is 59.0 cm³/mol. The highest BCUT2D eigenvalue weighted by Gasteiger charge is 2.26. The molecule has 0 heterocycles. The average Bonchev–Trinajstić information content (AvgIpc) is 2.28. The third kappa shape index (κ3) is 4.21. The lowest BCUT2D eigenvalue weighted by atomic mass is 9.82. The molecule has 1 atom stereocenters. The summed E-state index contributed by atoms with van der Waals surface area (Å²) in [4.78, 5) is 22.1. The fourth-order valence-corrected chi connectivity index (χ4v) is 2.47. The minimum absolute atomic E-state index is 0.108. The van der Waals surface area contributed by atoms with Crippen molar-refractivity contribution in [2.24, 2.45) is 11.8 Å². The van der Waals surface area contributed by atoms with Gasteiger partial charge in [-0.3, -0.25) is 9.59 Å². The number of carbonyl (C=O) groups is 2. The highest BCUT2D eigenvalue weighted by molar-refractivity contribution is 5.78. The Balaban J connectivity index is 2.47. The van der Waals surface area contributed by atoms with Gasteiger partial charge in [0.1, 0.15) is 0 Å². The van der Waals surface area contributed by atoms with Gasteiger partial charge < -0.3 is 9.84 Å². The summed E-state index contributed by atoms with van der Waals surface area (Å²) < 4.78 is 4.65. The van der Waals surface area contributed by atoms with Gasteiger partial charge in [-0.25, -0.2) is 0 Å². The van der Waals surface area contributed by atoms with Crippen molar-refractivity contribution in [2.45, 2.75) is 44.9 Å². The van der Waals surface area contributed by atoms with Crippen molar-refractivity contribution < 1.29 is 19.4 Å². The topological polar surface area (TPSA) is 63.6 Å². The Morgan fingerprint density at radius 1 is 1.31 bits per heavy atom. The molecular formula is C12H20O4. The van der Waals surface area contributed by atoms with Gasteiger partial charge in [-0.1, -0.05) is 32.1 Å². The zero-order valence-electron chi connectivity index (χ0n) is 9.78. The summed E-state index contributed by atoms with van der Waals surface area (Å²) in [6.07, 6.45) is 6.46. The van der Waals surface area contributed by atoms with Gasteiger partial charge in [0, 0.05) is 0 Å². The van der Waals surface area contributed by atoms with Crippen LogP contribution in [-0.2, 0) is 14.3 Å². The number of hydrogen-bond acceptors (Lipinski definition) is 3. The average molecular weight is 228 g/mol. The maximum absolute atomic E-state index is 11.4. The van der Waals surface area contributed by atoms with Crippen molar-refractivity contribution in [2.75, 3.05) is 7.11 Å². The highest BCUT2D eigenvalue weighted by Crippen LogP contribution is 2.30. The van der Waals surface area contributed by atoms with Crippen LogP contribution in [0, 0.1) is 11.8 Å². The molecule has 92 valence electrons. The fourth-order valence-electron chi connectivity index (χ4n) is 2.47. The molecule has 4 heteroatoms. The highest BCUT2D eigenvalue weighted by atomic mass is 16.5. The summed E-state index contributed by atoms with van der Waals surface area (Å²) in [6.45, 7) is 0. The lowest BCUT2D eigenvalue weighted by Crippen LogP contribution is -2.23. The molecule has 1 aliphatic carbocycles. The van der Waals surface area contributed by atoms with E-state index in [-0.39, 0.29) is 12.4 Å². The van der Waals surface area contributed by atoms with Crippen molar-refractivity contribution in [3.05, 3.63) is 0 Å². The zero-order valence-corrected chi connectivity index (χ0v) is 9.78. The molecule has 1 unspecified atom stereocenters. The first-order valence-electron chi connectivity index (χ1n) is 5.93. The molecule has 0 aromatic rings. The van der Waals surface area contributed by atoms with E-state index in [9.17, 15) is 9.59 Å². The molecule has 0 amide bonds. The van der Waals surface area contributed by atoms with Crippen LogP contribution in [0.2, 0.25) is 0 Å². The number of carboxylic acids is 1. The molecule has 0 saturated heterocycles. The minimum atomic E-state index is -0.925. The van der Waals surface area contributed by atoms with Gasteiger partial charge in [0.15, 0.2) is 0 Å². The number of hydrogen-bond donors (Lipinski definition) is 1. The third-order valence-corrected chi connectivity index (χ3v) is 3.30. The van der Waals surface area contributed by atoms with Gasteiger partial charge in [0.25, 0.3) is 0 Å². The van der Waals surface area contributed by atoms with Crippen LogP contribution >= 0.6 is 0 Å². The quantitative estimate of drug-likeness (QED) is 0.733. The lowest BCUT2D eigenvalue weighted by molar-refractivity contribution is -0.151. The number of esters is 1. The Morgan fingerprint density at radius 3 is 2.44 bits per heavy atom. The molecule has 0 spiro atoms. The first kappa shape index (κ1) is 13.0. The van der Waals surface area contributed by atoms with Gasteiger partial charge in [0.2, 0.25) is 0 Å². The Hall–Kier alpha value is -1.06. The van der Waals surface area contributed by atoms with Crippen molar-refractivity contribution in [1.82, 2.24) is 0 Å². The smallest absolute Gasteiger partial charge is 0.309 e. The van der Waals surface area contributed by atoms with Gasteiger partial charge in [0.05, 0.1) is 19.4 Å². The van der Waals surface area contributed by atoms with E-state index in [0.717, 1.165) is 12.8 Å². The van der Waals surface area contributed by atoms with Crippen LogP contribution in [0.1, 0.15) is 44.9 Å². The third-order valence-electron chi connectivity index (χ3n) is 3.30. The molecule has 0 bridgehead atoms. The van der Waals surface area contributed by atoms with Crippen LogP contribution in [-0.4, -0.2) is 24.2 Å². The van der Waals surface area contributed by atoms with E-state index >= 15 is 0 Å². The monoisotopic (exact) mass is 228 g/mol. The van der Waals surface area contributed by atoms with Crippen molar-refractivity contribution in [3.8, 4) is 0 Å². The van der Waals surface area contributed by atoms with E-state index in [4.69, 9.17) is 5.11 Å². The number of carboxylic acid groups (broad SMARTS) is 1. The molecule has 0 aromatic carbocycles. The van der Waals surface area contributed by atoms with Gasteiger partial charge >= 0.3 is 11.9 Å². The molecule has 4 nitrogen and oxygen atoms in total. The summed E-state index contributed by atoms with van der Waals surface area (Å²) in [5.41, 5.74) is 0. The van der Waals surface area contributed by atoms with Crippen LogP contribution < -0.4 is 0 Å². The number of rotatable bonds is 5. The minimum Gasteiger partial charge on any atom is -0.481 e. The second-order valence-electron chi connectivity index (χ2n) is 4.56. The molecule has 1 saturated carbocycles. The van der Waals surface area contributed by atoms with Gasteiger partial charge in [-0.15, -0.1) is 0 Å². The van der Waals surface area contributed by atoms with E-state index in [2.05, 4.69) is 4.74 Å². The lowest BCUT2D eigenvalue weighted by Gasteiger charge is -2.24. The molecule has 1 aliphatic rings. The van der Waals surface area contributed by atoms with Crippen LogP contribution in [0.3, 0.4) is 0 Å². The fraction of sp³-hybridized carbons (Fsp3) is 0.833. The van der Waals surface area contributed by atoms with E-state index in [1.807, 2.05) is 0 Å². The molecular weight excluding hydrogens is 208 g/mol. The number of aliphatic carboxylic acids is 1. The van der Waals surface area contributed by atoms with Gasteiger partial charge in [-0.2, -0.15) is 0 Å². The maximum Gasteiger partial charge on any atom is 0.309 e. The van der Waals surface area contributed by atoms with Gasteiger partial charge in [-0.05, 0) is 12.3 Å². The van der Waals surface area contributed by atoms with E-state index in [0.29, 0.717) is 12.3 Å². The molecule has 16 heavy (non-hydrogen) atoms. The second-order valence-corrected chi connectivity index (χ2v) is 4.56. The van der Waals surface area contributed by atoms with E-state index < -0.39 is 11.9 Å². The van der Waals surface area contributed by atoms with Crippen molar-refractivity contribution in [1.29, 1.82) is 0 Å². The number of carbonyl (C=O) groups excluding carboxylic acids is 1. The normalized spacial score (nSPS) is 19.1. The zero-order chi connectivity index (χ0) is 12.0. The Labute approximate surface area is 96.0 Å². The summed E-state index contributed by atoms with van der Waals surface area (Å²) in [7, 11) is 1.32. The molecule has 0 radical (unpaired) electrons. The summed E-state index contributed by atoms with van der Waals surface area (Å²) in [6, 6.07) is 0. The van der Waals surface area contributed by atoms with Crippen molar-refractivity contribution in [3.63, 3.8) is 0 Å². The summed E-state index contributed by atoms with van der Waals surface area (Å²) in [5.74, 6) is -1.28. The summed E-state index contributed by atoms with van der Waals surface area (Å²) >= 11 is 0. The molecule has 1 fully saturated rings. The molecule has 1 N–H and O–H groups in total. The van der Waals surface area contributed by atoms with Crippen molar-refractivity contribution >= 4 is 11.9 Å². The van der Waals surface area contributed by atoms with Crippen LogP contribution in [0.25, 0.3) is 0 Å². The first-order chi connectivity index (χ1) is 7.63. The van der Waals surface area contributed by atoms with Crippen LogP contribution in [0.4, 0.5) is 0 Å². The largest absolute Gasteiger partial charge is 0.481 e. The summed E-state index contributed by atoms with van der Waals surface area (Å²) in [5, 5.41) is 8.75. The van der Waals surface area contributed by atoms with E-state index in [1.165, 1.54) is 26.4 Å². The molecule has 1 rings (SSSR count). The maximum atomic E-state index is 11.4. The van der Waals surface area contributed by atoms with Crippen LogP contribution in [0.5, 0.6) is 0 Å². The second kappa shape index (κ2) is 6.51. The molecule has 0 aromatic heterocycles. The molecule has 0 aliphatic heterocycles. The standard InChI is InChI=1S/C12H20O4/c1-16-12(15)10(8-11(13)14)7-9-5-3-2-4-6-9/h9-10H,2-8H2,1H3,(H,13,14).